The van der Waals surface area contributed by atoms with Gasteiger partial charge in [0.25, 0.3) is 0 Å². The molecular weight excluding hydrogens is 760 g/mol. The quantitative estimate of drug-likeness (QED) is 0.130. The van der Waals surface area contributed by atoms with Crippen LogP contribution in [0.2, 0.25) is 0 Å². The van der Waals surface area contributed by atoms with Crippen molar-refractivity contribution < 1.29 is 61.9 Å². The first-order chi connectivity index (χ1) is 27.4. The van der Waals surface area contributed by atoms with Crippen molar-refractivity contribution in [2.24, 2.45) is 56.7 Å². The zero-order valence-corrected chi connectivity index (χ0v) is 37.1. The Morgan fingerprint density at radius 2 is 1.20 bits per heavy atom. The summed E-state index contributed by atoms with van der Waals surface area (Å²) in [6.45, 7) is 24.4. The number of fused-ring (bicyclic) bond motifs is 7. The Bertz CT molecular complexity index is 1720. The third-order valence-corrected chi connectivity index (χ3v) is 16.9. The van der Waals surface area contributed by atoms with Crippen molar-refractivity contribution in [3.05, 3.63) is 12.2 Å². The maximum atomic E-state index is 15.2. The monoisotopic (exact) mass is 828 g/mol. The van der Waals surface area contributed by atoms with Crippen molar-refractivity contribution in [2.75, 3.05) is 6.61 Å². The fraction of sp³-hybridized carbons (Fsp3) is 0.826. The maximum Gasteiger partial charge on any atom is 0.314 e. The van der Waals surface area contributed by atoms with Crippen molar-refractivity contribution >= 4 is 35.8 Å². The number of hydrogen-bond acceptors (Lipinski definition) is 13. The summed E-state index contributed by atoms with van der Waals surface area (Å²) in [5.41, 5.74) is -0.0659. The van der Waals surface area contributed by atoms with Crippen molar-refractivity contribution in [1.29, 1.82) is 0 Å². The number of carbonyl (C=O) groups is 6. The SMILES string of the molecule is C=C(C)[C@@H]1CC[C@]2(C(=O)O[C@@H]3O[C@H](COC(C)=O)[C@@H](OC(C)=O)[C@H](OC(C)=O)[C@H]3OC(C)=O)CC[C@]3(C)[C@H](CC[C@@H]4[C@@]5(C)CC[C@H](OC(C)=O)C(C)(C)[C@@H]5CC[C@]43C)[C@@H]12. The number of carbonyl (C=O) groups excluding carboxylic acids is 6. The molecule has 6 aliphatic rings. The van der Waals surface area contributed by atoms with E-state index in [0.717, 1.165) is 77.7 Å². The molecular formula is C46H68O13. The van der Waals surface area contributed by atoms with Crippen LogP contribution in [0, 0.1) is 56.7 Å². The number of hydrogen-bond donors (Lipinski definition) is 0. The molecule has 0 aromatic rings. The van der Waals surface area contributed by atoms with Gasteiger partial charge in [0, 0.05) is 40.0 Å². The molecule has 0 aromatic carbocycles. The number of allylic oxidation sites excluding steroid dienone is 1. The van der Waals surface area contributed by atoms with Gasteiger partial charge in [-0.3, -0.25) is 28.8 Å². The minimum Gasteiger partial charge on any atom is -0.463 e. The van der Waals surface area contributed by atoms with Crippen molar-refractivity contribution in [3.63, 3.8) is 0 Å². The van der Waals surface area contributed by atoms with Gasteiger partial charge in [0.05, 0.1) is 5.41 Å². The van der Waals surface area contributed by atoms with Crippen LogP contribution < -0.4 is 0 Å². The van der Waals surface area contributed by atoms with E-state index >= 15 is 4.79 Å². The third kappa shape index (κ3) is 7.62. The van der Waals surface area contributed by atoms with E-state index in [9.17, 15) is 24.0 Å². The van der Waals surface area contributed by atoms with Crippen LogP contribution >= 0.6 is 0 Å². The Kier molecular flexibility index (Phi) is 12.3. The molecule has 6 rings (SSSR count). The summed E-state index contributed by atoms with van der Waals surface area (Å²) >= 11 is 0. The molecule has 0 N–H and O–H groups in total. The predicted octanol–water partition coefficient (Wildman–Crippen LogP) is 7.20. The van der Waals surface area contributed by atoms with Crippen molar-refractivity contribution in [1.82, 2.24) is 0 Å². The molecule has 13 heteroatoms. The molecule has 0 aromatic heterocycles. The minimum atomic E-state index is -1.58. The van der Waals surface area contributed by atoms with Crippen LogP contribution in [0.4, 0.5) is 0 Å². The Hall–Kier alpha value is -3.48. The fourth-order valence-corrected chi connectivity index (χ4v) is 14.4. The van der Waals surface area contributed by atoms with E-state index in [4.69, 9.17) is 33.2 Å². The lowest BCUT2D eigenvalue weighted by Gasteiger charge is -2.72. The molecule has 59 heavy (non-hydrogen) atoms. The van der Waals surface area contributed by atoms with E-state index in [1.807, 2.05) is 0 Å². The molecule has 1 heterocycles. The van der Waals surface area contributed by atoms with E-state index in [-0.39, 0.29) is 51.5 Å². The van der Waals surface area contributed by atoms with Crippen LogP contribution in [0.1, 0.15) is 140 Å². The second-order valence-corrected chi connectivity index (χ2v) is 20.3. The smallest absolute Gasteiger partial charge is 0.314 e. The van der Waals surface area contributed by atoms with Crippen LogP contribution in [0.25, 0.3) is 0 Å². The summed E-state index contributed by atoms with van der Waals surface area (Å²) < 4.78 is 40.7. The van der Waals surface area contributed by atoms with Gasteiger partial charge in [0.15, 0.2) is 12.2 Å². The van der Waals surface area contributed by atoms with Crippen molar-refractivity contribution in [2.45, 2.75) is 177 Å². The second kappa shape index (κ2) is 16.1. The molecule has 5 aliphatic carbocycles. The van der Waals surface area contributed by atoms with E-state index in [0.29, 0.717) is 24.7 Å². The molecule has 13 nitrogen and oxygen atoms in total. The third-order valence-electron chi connectivity index (χ3n) is 16.9. The van der Waals surface area contributed by atoms with Crippen LogP contribution in [-0.4, -0.2) is 79.2 Å². The van der Waals surface area contributed by atoms with E-state index in [1.54, 1.807) is 0 Å². The standard InChI is InChI=1S/C46H68O13/c1-24(2)30-15-20-46(41(52)59-40-39(57-29(7)51)38(56-28(6)50)37(55-27(5)49)32(58-40)23-53-25(3)47)22-21-44(11)31(36(30)46)13-14-34-43(10)18-17-35(54-26(4)48)42(8,9)33(43)16-19-45(34,44)12/h30-40H,1,13-23H2,2-12H3/t30-,31+,32+,33-,34+,35-,36+,37+,38-,39+,40-,43-,44+,45+,46-/m0/s1. The Labute approximate surface area is 349 Å². The topological polar surface area (TPSA) is 167 Å². The van der Waals surface area contributed by atoms with Gasteiger partial charge in [-0.25, -0.2) is 0 Å². The van der Waals surface area contributed by atoms with Gasteiger partial charge >= 0.3 is 35.8 Å². The van der Waals surface area contributed by atoms with Crippen LogP contribution in [-0.2, 0) is 61.9 Å². The lowest BCUT2D eigenvalue weighted by molar-refractivity contribution is -0.305. The summed E-state index contributed by atoms with van der Waals surface area (Å²) in [6, 6.07) is 0. The summed E-state index contributed by atoms with van der Waals surface area (Å²) in [4.78, 5) is 76.6. The Balaban J connectivity index is 1.34. The molecule has 0 bridgehead atoms. The first kappa shape index (κ1) is 45.1. The first-order valence-electron chi connectivity index (χ1n) is 21.8. The highest BCUT2D eigenvalue weighted by Crippen LogP contribution is 2.77. The molecule has 1 aliphatic heterocycles. The molecule has 0 unspecified atom stereocenters. The first-order valence-corrected chi connectivity index (χ1v) is 21.8. The van der Waals surface area contributed by atoms with E-state index in [1.165, 1.54) is 13.8 Å². The summed E-state index contributed by atoms with van der Waals surface area (Å²) in [5, 5.41) is 0. The van der Waals surface area contributed by atoms with Gasteiger partial charge in [-0.15, -0.1) is 0 Å². The van der Waals surface area contributed by atoms with Gasteiger partial charge in [-0.05, 0) is 117 Å². The van der Waals surface area contributed by atoms with Gasteiger partial charge in [-0.1, -0.05) is 46.8 Å². The zero-order chi connectivity index (χ0) is 43.6. The fourth-order valence-electron chi connectivity index (χ4n) is 14.4. The van der Waals surface area contributed by atoms with Crippen molar-refractivity contribution in [3.8, 4) is 0 Å². The highest BCUT2D eigenvalue weighted by molar-refractivity contribution is 5.79. The van der Waals surface area contributed by atoms with Crippen LogP contribution in [0.5, 0.6) is 0 Å². The molecule has 0 spiro atoms. The second-order valence-electron chi connectivity index (χ2n) is 20.3. The average molecular weight is 829 g/mol. The average Bonchev–Trinajstić information content (AvgIpc) is 3.52. The van der Waals surface area contributed by atoms with E-state index in [2.05, 4.69) is 48.1 Å². The molecule has 0 amide bonds. The maximum absolute atomic E-state index is 15.2. The molecule has 1 saturated heterocycles. The van der Waals surface area contributed by atoms with Crippen LogP contribution in [0.3, 0.4) is 0 Å². The normalized spacial score (nSPS) is 43.2. The van der Waals surface area contributed by atoms with Gasteiger partial charge in [0.1, 0.15) is 18.8 Å². The minimum absolute atomic E-state index is 0.0103. The lowest BCUT2D eigenvalue weighted by Crippen LogP contribution is -2.67. The Morgan fingerprint density at radius 1 is 0.593 bits per heavy atom. The van der Waals surface area contributed by atoms with Gasteiger partial charge < -0.3 is 33.2 Å². The highest BCUT2D eigenvalue weighted by atomic mass is 16.7. The number of esters is 6. The lowest BCUT2D eigenvalue weighted by atomic mass is 9.32. The zero-order valence-electron chi connectivity index (χ0n) is 37.1. The molecule has 330 valence electrons. The molecule has 0 radical (unpaired) electrons. The molecule has 5 saturated carbocycles. The number of ether oxygens (including phenoxy) is 7. The Morgan fingerprint density at radius 3 is 1.80 bits per heavy atom. The molecule has 6 fully saturated rings. The summed E-state index contributed by atoms with van der Waals surface area (Å²) in [7, 11) is 0. The van der Waals surface area contributed by atoms with Gasteiger partial charge in [-0.2, -0.15) is 0 Å². The summed E-state index contributed by atoms with van der Waals surface area (Å²) in [5.74, 6) is -2.56. The predicted molar refractivity (Wildman–Crippen MR) is 213 cm³/mol. The molecule has 15 atom stereocenters. The van der Waals surface area contributed by atoms with Crippen LogP contribution in [0.15, 0.2) is 12.2 Å². The van der Waals surface area contributed by atoms with E-state index < -0.39 is 72.6 Å². The largest absolute Gasteiger partial charge is 0.463 e. The van der Waals surface area contributed by atoms with Gasteiger partial charge in [0.2, 0.25) is 12.4 Å². The highest BCUT2D eigenvalue weighted by Gasteiger charge is 2.72. The number of rotatable bonds is 9. The summed E-state index contributed by atoms with van der Waals surface area (Å²) in [6.07, 6.45) is 1.48.